The molecule has 0 saturated carbocycles. The minimum atomic E-state index is -0.536. The van der Waals surface area contributed by atoms with Gasteiger partial charge >= 0.3 is 5.97 Å². The number of nitrogens with zero attached hydrogens (tertiary/aromatic N) is 2. The molecule has 1 aliphatic heterocycles. The fourth-order valence-electron chi connectivity index (χ4n) is 1.25. The summed E-state index contributed by atoms with van der Waals surface area (Å²) in [6.07, 6.45) is 0. The second-order valence-corrected chi connectivity index (χ2v) is 3.63. The Balaban J connectivity index is 2.11. The van der Waals surface area contributed by atoms with Gasteiger partial charge in [0.15, 0.2) is 5.71 Å². The summed E-state index contributed by atoms with van der Waals surface area (Å²) < 4.78 is 0.952. The smallest absolute Gasteiger partial charge is 0.346 e. The average molecular weight is 240 g/mol. The first-order valence-electron chi connectivity index (χ1n) is 4.74. The predicted molar refractivity (Wildman–Crippen MR) is 60.7 cm³/mol. The topological polar surface area (TPSA) is 53.9 Å². The van der Waals surface area contributed by atoms with Crippen LogP contribution in [0.5, 0.6) is 0 Å². The fraction of sp³-hybridized carbons (Fsp3) is 0.200. The van der Waals surface area contributed by atoms with Crippen molar-refractivity contribution in [2.24, 2.45) is 5.10 Å². The standard InChI is InChI=1S/C10H10ClN3O2/c1-7-9(10(15)16-14(7)11)13-12-8-5-3-2-4-6-8/h2-7,12H,1H3. The van der Waals surface area contributed by atoms with Crippen LogP contribution < -0.4 is 5.43 Å². The summed E-state index contributed by atoms with van der Waals surface area (Å²) in [5.41, 5.74) is 3.81. The number of rotatable bonds is 2. The number of nitrogens with one attached hydrogen (secondary N) is 1. The van der Waals surface area contributed by atoms with Crippen molar-refractivity contribution in [3.05, 3.63) is 30.3 Å². The van der Waals surface area contributed by atoms with Crippen molar-refractivity contribution in [1.82, 2.24) is 4.58 Å². The summed E-state index contributed by atoms with van der Waals surface area (Å²) >= 11 is 5.62. The van der Waals surface area contributed by atoms with Gasteiger partial charge in [0.05, 0.1) is 5.69 Å². The number of carbonyl (C=O) groups is 1. The Morgan fingerprint density at radius 3 is 2.69 bits per heavy atom. The largest absolute Gasteiger partial charge is 0.376 e. The van der Waals surface area contributed by atoms with Crippen LogP contribution in [0.3, 0.4) is 0 Å². The first kappa shape index (κ1) is 10.9. The normalized spacial score (nSPS) is 23.5. The molecule has 16 heavy (non-hydrogen) atoms. The van der Waals surface area contributed by atoms with Crippen LogP contribution in [0.4, 0.5) is 5.69 Å². The number of halogens is 1. The highest BCUT2D eigenvalue weighted by Crippen LogP contribution is 2.16. The summed E-state index contributed by atoms with van der Waals surface area (Å²) in [7, 11) is 0. The van der Waals surface area contributed by atoms with Gasteiger partial charge in [-0.15, -0.1) is 0 Å². The Morgan fingerprint density at radius 1 is 1.44 bits per heavy atom. The number of hydroxylamine groups is 1. The van der Waals surface area contributed by atoms with Gasteiger partial charge in [0.1, 0.15) is 6.04 Å². The molecule has 1 aromatic carbocycles. The maximum atomic E-state index is 11.3. The number of benzene rings is 1. The highest BCUT2D eigenvalue weighted by molar-refractivity contribution is 6.41. The van der Waals surface area contributed by atoms with Gasteiger partial charge in [-0.3, -0.25) is 5.43 Å². The molecule has 1 atom stereocenters. The second kappa shape index (κ2) is 4.51. The zero-order valence-corrected chi connectivity index (χ0v) is 9.31. The van der Waals surface area contributed by atoms with Gasteiger partial charge in [-0.1, -0.05) is 18.2 Å². The number of anilines is 1. The number of para-hydroxylation sites is 1. The lowest BCUT2D eigenvalue weighted by Crippen LogP contribution is -2.23. The van der Waals surface area contributed by atoms with Gasteiger partial charge < -0.3 is 4.84 Å². The first-order chi connectivity index (χ1) is 7.68. The van der Waals surface area contributed by atoms with Crippen molar-refractivity contribution in [3.8, 4) is 0 Å². The maximum Gasteiger partial charge on any atom is 0.376 e. The third-order valence-corrected chi connectivity index (χ3v) is 2.52. The molecule has 1 fully saturated rings. The highest BCUT2D eigenvalue weighted by Gasteiger charge is 2.36. The summed E-state index contributed by atoms with van der Waals surface area (Å²) in [6, 6.07) is 8.94. The molecule has 1 N–H and O–H groups in total. The monoisotopic (exact) mass is 239 g/mol. The molecule has 0 aliphatic carbocycles. The van der Waals surface area contributed by atoms with E-state index in [0.29, 0.717) is 0 Å². The summed E-state index contributed by atoms with van der Waals surface area (Å²) in [6.45, 7) is 1.73. The van der Waals surface area contributed by atoms with Crippen molar-refractivity contribution < 1.29 is 9.63 Å². The van der Waals surface area contributed by atoms with Gasteiger partial charge in [0.25, 0.3) is 0 Å². The Morgan fingerprint density at radius 2 is 2.12 bits per heavy atom. The number of carbonyl (C=O) groups excluding carboxylic acids is 1. The van der Waals surface area contributed by atoms with E-state index >= 15 is 0 Å². The van der Waals surface area contributed by atoms with Crippen molar-refractivity contribution in [2.45, 2.75) is 13.0 Å². The zero-order chi connectivity index (χ0) is 11.5. The lowest BCUT2D eigenvalue weighted by atomic mass is 10.2. The minimum absolute atomic E-state index is 0.249. The molecule has 84 valence electrons. The van der Waals surface area contributed by atoms with Crippen LogP contribution in [0, 0.1) is 0 Å². The molecular weight excluding hydrogens is 230 g/mol. The van der Waals surface area contributed by atoms with E-state index in [1.807, 2.05) is 30.3 Å². The fourth-order valence-corrected chi connectivity index (χ4v) is 1.40. The van der Waals surface area contributed by atoms with E-state index < -0.39 is 5.97 Å². The van der Waals surface area contributed by atoms with Gasteiger partial charge in [-0.25, -0.2) is 4.79 Å². The predicted octanol–water partition coefficient (Wildman–Crippen LogP) is 1.77. The Bertz CT molecular complexity index is 421. The molecule has 5 nitrogen and oxygen atoms in total. The zero-order valence-electron chi connectivity index (χ0n) is 8.55. The van der Waals surface area contributed by atoms with Crippen LogP contribution in [0.1, 0.15) is 6.92 Å². The second-order valence-electron chi connectivity index (χ2n) is 3.30. The number of hydrazone groups is 1. The molecule has 1 unspecified atom stereocenters. The SMILES string of the molecule is CC1C(=NNc2ccccc2)C(=O)ON1Cl. The van der Waals surface area contributed by atoms with Gasteiger partial charge in [-0.05, 0) is 23.6 Å². The van der Waals surface area contributed by atoms with E-state index in [4.69, 9.17) is 11.8 Å². The van der Waals surface area contributed by atoms with E-state index in [-0.39, 0.29) is 11.8 Å². The Labute approximate surface area is 97.7 Å². The van der Waals surface area contributed by atoms with Crippen LogP contribution >= 0.6 is 11.8 Å². The van der Waals surface area contributed by atoms with Crippen molar-refractivity contribution >= 4 is 29.1 Å². The van der Waals surface area contributed by atoms with E-state index in [1.165, 1.54) is 0 Å². The molecular formula is C10H10ClN3O2. The molecule has 6 heteroatoms. The number of hydrogen-bond acceptors (Lipinski definition) is 5. The minimum Gasteiger partial charge on any atom is -0.346 e. The number of hydrogen-bond donors (Lipinski definition) is 1. The summed E-state index contributed by atoms with van der Waals surface area (Å²) in [5, 5.41) is 3.97. The molecule has 1 aliphatic rings. The van der Waals surface area contributed by atoms with Gasteiger partial charge in [0.2, 0.25) is 0 Å². The molecule has 0 amide bonds. The quantitative estimate of drug-likeness (QED) is 0.631. The maximum absolute atomic E-state index is 11.3. The molecule has 1 heterocycles. The molecule has 0 spiro atoms. The summed E-state index contributed by atoms with van der Waals surface area (Å²) in [4.78, 5) is 16.0. The average Bonchev–Trinajstić information content (AvgIpc) is 2.53. The van der Waals surface area contributed by atoms with Crippen LogP contribution in [0.25, 0.3) is 0 Å². The van der Waals surface area contributed by atoms with E-state index in [2.05, 4.69) is 15.4 Å². The molecule has 0 aromatic heterocycles. The van der Waals surface area contributed by atoms with E-state index in [1.54, 1.807) is 6.92 Å². The third kappa shape index (κ3) is 2.15. The van der Waals surface area contributed by atoms with Crippen molar-refractivity contribution in [3.63, 3.8) is 0 Å². The third-order valence-electron chi connectivity index (χ3n) is 2.16. The Kier molecular flexibility index (Phi) is 3.07. The van der Waals surface area contributed by atoms with Crippen LogP contribution in [-0.4, -0.2) is 22.3 Å². The van der Waals surface area contributed by atoms with Crippen LogP contribution in [-0.2, 0) is 9.63 Å². The molecule has 1 saturated heterocycles. The summed E-state index contributed by atoms with van der Waals surface area (Å²) in [5.74, 6) is -0.536. The molecule has 0 radical (unpaired) electrons. The Hall–Kier alpha value is -1.59. The first-order valence-corrected chi connectivity index (χ1v) is 5.08. The molecule has 2 rings (SSSR count). The van der Waals surface area contributed by atoms with Crippen molar-refractivity contribution in [2.75, 3.05) is 5.43 Å². The van der Waals surface area contributed by atoms with Crippen LogP contribution in [0.2, 0.25) is 0 Å². The van der Waals surface area contributed by atoms with Gasteiger partial charge in [-0.2, -0.15) is 5.10 Å². The molecule has 1 aromatic rings. The van der Waals surface area contributed by atoms with Gasteiger partial charge in [0, 0.05) is 11.8 Å². The molecule has 0 bridgehead atoms. The lowest BCUT2D eigenvalue weighted by molar-refractivity contribution is -0.153. The van der Waals surface area contributed by atoms with E-state index in [9.17, 15) is 4.79 Å². The van der Waals surface area contributed by atoms with Crippen molar-refractivity contribution in [1.29, 1.82) is 0 Å². The highest BCUT2D eigenvalue weighted by atomic mass is 35.5. The van der Waals surface area contributed by atoms with Crippen LogP contribution in [0.15, 0.2) is 35.4 Å². The van der Waals surface area contributed by atoms with E-state index in [0.717, 1.165) is 10.3 Å². The lowest BCUT2D eigenvalue weighted by Gasteiger charge is -2.05.